The molecule has 0 spiro atoms. The molecule has 0 fully saturated rings. The van der Waals surface area contributed by atoms with Gasteiger partial charge in [0.2, 0.25) is 0 Å². The number of anilines is 1. The predicted molar refractivity (Wildman–Crippen MR) is 81.3 cm³/mol. The Morgan fingerprint density at radius 3 is 2.57 bits per heavy atom. The van der Waals surface area contributed by atoms with Gasteiger partial charge in [0, 0.05) is 6.07 Å². The molecule has 0 heterocycles. The molecule has 0 bridgehead atoms. The summed E-state index contributed by atoms with van der Waals surface area (Å²) in [6.45, 7) is 4.18. The van der Waals surface area contributed by atoms with Crippen LogP contribution in [0, 0.1) is 6.92 Å². The van der Waals surface area contributed by atoms with Gasteiger partial charge in [-0.05, 0) is 49.7 Å². The summed E-state index contributed by atoms with van der Waals surface area (Å²) in [7, 11) is -3.70. The van der Waals surface area contributed by atoms with Crippen molar-refractivity contribution in [3.63, 3.8) is 0 Å². The van der Waals surface area contributed by atoms with Crippen LogP contribution in [-0.4, -0.2) is 20.1 Å². The van der Waals surface area contributed by atoms with Gasteiger partial charge in [-0.1, -0.05) is 6.07 Å². The molecule has 0 saturated carbocycles. The van der Waals surface area contributed by atoms with Gasteiger partial charge in [-0.2, -0.15) is 0 Å². The van der Waals surface area contributed by atoms with Gasteiger partial charge in [-0.25, -0.2) is 8.42 Å². The van der Waals surface area contributed by atoms with Crippen molar-refractivity contribution in [3.8, 4) is 11.5 Å². The number of sulfonamides is 1. The van der Waals surface area contributed by atoms with E-state index in [0.717, 1.165) is 5.56 Å². The molecule has 0 aliphatic heterocycles. The lowest BCUT2D eigenvalue weighted by molar-refractivity contribution is 0.337. The van der Waals surface area contributed by atoms with Gasteiger partial charge in [0.1, 0.15) is 11.5 Å². The van der Waals surface area contributed by atoms with E-state index in [4.69, 9.17) is 4.74 Å². The zero-order chi connectivity index (χ0) is 15.5. The molecule has 0 aliphatic carbocycles. The maximum Gasteiger partial charge on any atom is 0.261 e. The fraction of sp³-hybridized carbons (Fsp3) is 0.200. The zero-order valence-electron chi connectivity index (χ0n) is 11.8. The highest BCUT2D eigenvalue weighted by Crippen LogP contribution is 2.24. The fourth-order valence-electron chi connectivity index (χ4n) is 1.89. The van der Waals surface area contributed by atoms with Gasteiger partial charge in [0.05, 0.1) is 17.2 Å². The minimum Gasteiger partial charge on any atom is -0.508 e. The monoisotopic (exact) mass is 307 g/mol. The van der Waals surface area contributed by atoms with E-state index in [-0.39, 0.29) is 10.6 Å². The highest BCUT2D eigenvalue weighted by Gasteiger charge is 2.15. The summed E-state index contributed by atoms with van der Waals surface area (Å²) in [4.78, 5) is 0.145. The number of hydrogen-bond acceptors (Lipinski definition) is 4. The minimum absolute atomic E-state index is 0.00178. The van der Waals surface area contributed by atoms with E-state index in [2.05, 4.69) is 4.72 Å². The molecule has 0 radical (unpaired) electrons. The Bertz CT molecular complexity index is 741. The lowest BCUT2D eigenvalue weighted by Crippen LogP contribution is -2.13. The van der Waals surface area contributed by atoms with Crippen molar-refractivity contribution in [3.05, 3.63) is 48.0 Å². The molecule has 0 unspecified atom stereocenters. The Kier molecular flexibility index (Phi) is 4.37. The molecule has 0 saturated heterocycles. The van der Waals surface area contributed by atoms with Crippen LogP contribution >= 0.6 is 0 Å². The smallest absolute Gasteiger partial charge is 0.261 e. The van der Waals surface area contributed by atoms with E-state index in [9.17, 15) is 13.5 Å². The number of rotatable bonds is 5. The maximum atomic E-state index is 12.3. The summed E-state index contributed by atoms with van der Waals surface area (Å²) >= 11 is 0. The number of hydrogen-bond donors (Lipinski definition) is 2. The molecule has 0 aliphatic rings. The second kappa shape index (κ2) is 6.05. The summed E-state index contributed by atoms with van der Waals surface area (Å²) in [5.74, 6) is 0.659. The molecule has 0 amide bonds. The van der Waals surface area contributed by atoms with Crippen LogP contribution in [0.3, 0.4) is 0 Å². The third-order valence-electron chi connectivity index (χ3n) is 2.85. The predicted octanol–water partition coefficient (Wildman–Crippen LogP) is 2.90. The standard InChI is InChI=1S/C15H17NO4S/c1-3-20-15-8-7-14(9-11(15)2)21(18,19)16-12-5-4-6-13(17)10-12/h4-10,16-17H,3H2,1-2H3. The molecular weight excluding hydrogens is 290 g/mol. The summed E-state index contributed by atoms with van der Waals surface area (Å²) in [5, 5.41) is 9.37. The topological polar surface area (TPSA) is 75.6 Å². The molecule has 2 N–H and O–H groups in total. The van der Waals surface area contributed by atoms with Crippen molar-refractivity contribution in [1.29, 1.82) is 0 Å². The quantitative estimate of drug-likeness (QED) is 0.890. The minimum atomic E-state index is -3.70. The molecule has 2 aromatic rings. The van der Waals surface area contributed by atoms with Crippen LogP contribution in [0.2, 0.25) is 0 Å². The van der Waals surface area contributed by atoms with Gasteiger partial charge in [0.25, 0.3) is 10.0 Å². The Morgan fingerprint density at radius 2 is 1.95 bits per heavy atom. The number of aryl methyl sites for hydroxylation is 1. The van der Waals surface area contributed by atoms with Crippen LogP contribution in [0.1, 0.15) is 12.5 Å². The summed E-state index contributed by atoms with van der Waals surface area (Å²) in [6.07, 6.45) is 0. The first-order chi connectivity index (χ1) is 9.92. The third-order valence-corrected chi connectivity index (χ3v) is 4.23. The zero-order valence-corrected chi connectivity index (χ0v) is 12.6. The van der Waals surface area contributed by atoms with Crippen LogP contribution in [0.15, 0.2) is 47.4 Å². The van der Waals surface area contributed by atoms with Gasteiger partial charge in [-0.15, -0.1) is 0 Å². The second-order valence-corrected chi connectivity index (χ2v) is 6.20. The largest absolute Gasteiger partial charge is 0.508 e. The second-order valence-electron chi connectivity index (χ2n) is 4.52. The van der Waals surface area contributed by atoms with Gasteiger partial charge in [-0.3, -0.25) is 4.72 Å². The van der Waals surface area contributed by atoms with E-state index in [1.165, 1.54) is 18.2 Å². The van der Waals surface area contributed by atoms with Gasteiger partial charge >= 0.3 is 0 Å². The van der Waals surface area contributed by atoms with Gasteiger partial charge in [0.15, 0.2) is 0 Å². The van der Waals surface area contributed by atoms with Crippen molar-refractivity contribution < 1.29 is 18.3 Å². The lowest BCUT2D eigenvalue weighted by atomic mass is 10.2. The van der Waals surface area contributed by atoms with Crippen molar-refractivity contribution in [2.45, 2.75) is 18.7 Å². The molecular formula is C15H17NO4S. The van der Waals surface area contributed by atoms with Crippen LogP contribution in [0.5, 0.6) is 11.5 Å². The van der Waals surface area contributed by atoms with E-state index in [1.54, 1.807) is 31.2 Å². The molecule has 0 atom stereocenters. The van der Waals surface area contributed by atoms with E-state index in [0.29, 0.717) is 18.0 Å². The molecule has 0 aromatic heterocycles. The number of phenols is 1. The van der Waals surface area contributed by atoms with Crippen molar-refractivity contribution >= 4 is 15.7 Å². The summed E-state index contributed by atoms with van der Waals surface area (Å²) < 4.78 is 32.4. The Labute approximate surface area is 124 Å². The Balaban J connectivity index is 2.29. The van der Waals surface area contributed by atoms with E-state index < -0.39 is 10.0 Å². The Hall–Kier alpha value is -2.21. The van der Waals surface area contributed by atoms with Crippen molar-refractivity contribution in [2.24, 2.45) is 0 Å². The van der Waals surface area contributed by atoms with Crippen LogP contribution in [-0.2, 0) is 10.0 Å². The van der Waals surface area contributed by atoms with Crippen molar-refractivity contribution in [2.75, 3.05) is 11.3 Å². The first-order valence-electron chi connectivity index (χ1n) is 6.47. The first-order valence-corrected chi connectivity index (χ1v) is 7.96. The van der Waals surface area contributed by atoms with Crippen molar-refractivity contribution in [1.82, 2.24) is 0 Å². The number of benzene rings is 2. The van der Waals surface area contributed by atoms with Gasteiger partial charge < -0.3 is 9.84 Å². The molecule has 2 aromatic carbocycles. The first kappa shape index (κ1) is 15.2. The van der Waals surface area contributed by atoms with Crippen LogP contribution < -0.4 is 9.46 Å². The molecule has 5 nitrogen and oxygen atoms in total. The summed E-state index contributed by atoms with van der Waals surface area (Å²) in [6, 6.07) is 10.6. The fourth-order valence-corrected chi connectivity index (χ4v) is 3.02. The molecule has 21 heavy (non-hydrogen) atoms. The number of aromatic hydroxyl groups is 1. The van der Waals surface area contributed by atoms with Crippen LogP contribution in [0.4, 0.5) is 5.69 Å². The highest BCUT2D eigenvalue weighted by atomic mass is 32.2. The maximum absolute atomic E-state index is 12.3. The molecule has 112 valence electrons. The normalized spacial score (nSPS) is 11.1. The lowest BCUT2D eigenvalue weighted by Gasteiger charge is -2.11. The molecule has 6 heteroatoms. The number of phenolic OH excluding ortho intramolecular Hbond substituents is 1. The SMILES string of the molecule is CCOc1ccc(S(=O)(=O)Nc2cccc(O)c2)cc1C. The number of ether oxygens (including phenoxy) is 1. The average molecular weight is 307 g/mol. The summed E-state index contributed by atoms with van der Waals surface area (Å²) in [5.41, 5.74) is 1.05. The number of nitrogens with one attached hydrogen (secondary N) is 1. The van der Waals surface area contributed by atoms with E-state index >= 15 is 0 Å². The van der Waals surface area contributed by atoms with Crippen LogP contribution in [0.25, 0.3) is 0 Å². The molecule has 2 rings (SSSR count). The Morgan fingerprint density at radius 1 is 1.19 bits per heavy atom. The highest BCUT2D eigenvalue weighted by molar-refractivity contribution is 7.92. The average Bonchev–Trinajstić information content (AvgIpc) is 2.40. The van der Waals surface area contributed by atoms with E-state index in [1.807, 2.05) is 6.92 Å². The third kappa shape index (κ3) is 3.66.